The molecule has 0 saturated carbocycles. The highest BCUT2D eigenvalue weighted by Crippen LogP contribution is 2.60. The Kier molecular flexibility index (Phi) is 11.1. The second kappa shape index (κ2) is 14.6. The van der Waals surface area contributed by atoms with E-state index < -0.39 is 106 Å². The van der Waals surface area contributed by atoms with Crippen molar-refractivity contribution in [3.63, 3.8) is 0 Å². The Morgan fingerprint density at radius 2 is 1.54 bits per heavy atom. The Hall–Kier alpha value is -3.65. The number of hydrogen-bond acceptors (Lipinski definition) is 19. The summed E-state index contributed by atoms with van der Waals surface area (Å²) in [6.45, 7) is -2.02. The molecule has 1 aromatic carbocycles. The van der Waals surface area contributed by atoms with Crippen molar-refractivity contribution in [3.05, 3.63) is 52.9 Å². The molecular weight excluding hydrogens is 759 g/mol. The van der Waals surface area contributed by atoms with Crippen LogP contribution in [0.1, 0.15) is 11.8 Å². The number of ether oxygens (including phenoxy) is 3. The Bertz CT molecular complexity index is 2090. The normalized spacial score (nSPS) is 28.8. The van der Waals surface area contributed by atoms with Gasteiger partial charge >= 0.3 is 27.4 Å². The van der Waals surface area contributed by atoms with Gasteiger partial charge in [0.15, 0.2) is 17.7 Å². The van der Waals surface area contributed by atoms with Gasteiger partial charge in [0.25, 0.3) is 0 Å². The molecule has 4 aromatic rings. The molecule has 2 fully saturated rings. The number of phosphoric ester groups is 2. The lowest BCUT2D eigenvalue weighted by Gasteiger charge is -2.20. The van der Waals surface area contributed by atoms with E-state index >= 15 is 0 Å². The molecule has 5 heterocycles. The van der Waals surface area contributed by atoms with Gasteiger partial charge in [0.2, 0.25) is 6.29 Å². The fourth-order valence-electron chi connectivity index (χ4n) is 5.20. The Balaban J connectivity index is 0.00000523. The van der Waals surface area contributed by atoms with E-state index in [0.29, 0.717) is 0 Å². The minimum atomic E-state index is -5.50. The molecule has 27 heteroatoms. The highest BCUT2D eigenvalue weighted by atomic mass is 31.3. The second-order valence-electron chi connectivity index (χ2n) is 11.0. The number of aromatic nitrogens is 4. The number of benzene rings is 1. The molecule has 2 unspecified atom stereocenters. The summed E-state index contributed by atoms with van der Waals surface area (Å²) >= 11 is 0. The molecule has 52 heavy (non-hydrogen) atoms. The number of aliphatic hydroxyl groups is 4. The number of nitrogens with two attached hydrogens (primary N) is 1. The van der Waals surface area contributed by atoms with Gasteiger partial charge in [0, 0.05) is 17.5 Å². The molecule has 10 atom stereocenters. The van der Waals surface area contributed by atoms with Crippen LogP contribution in [0.5, 0.6) is 5.75 Å². The first-order valence-corrected chi connectivity index (χ1v) is 17.3. The number of halogens is 3. The molecule has 0 bridgehead atoms. The average Bonchev–Trinajstić information content (AvgIpc) is 3.68. The second-order valence-corrected chi connectivity index (χ2v) is 14.1. The molecule has 3 aromatic heterocycles. The number of nitrogens with zero attached hydrogens (tertiary/aromatic N) is 4. The number of rotatable bonds is 11. The monoisotopic (exact) mass is 788 g/mol. The van der Waals surface area contributed by atoms with E-state index in [1.165, 1.54) is 10.9 Å². The molecule has 2 saturated heterocycles. The van der Waals surface area contributed by atoms with Crippen molar-refractivity contribution in [2.75, 3.05) is 18.9 Å². The molecule has 11 N–H and O–H groups in total. The van der Waals surface area contributed by atoms with Crippen LogP contribution in [0.4, 0.5) is 19.0 Å². The summed E-state index contributed by atoms with van der Waals surface area (Å²) in [7, 11) is -11.0. The third-order valence-corrected chi connectivity index (χ3v) is 10.2. The molecular formula is C25H29F3N6O16P2. The van der Waals surface area contributed by atoms with Gasteiger partial charge in [-0.1, -0.05) is 0 Å². The SMILES string of the molecule is N.Nc1ncnc2c1ncn2[C@@H]1O[C@H](COP(=O)(O)OP(=O)(O)OC[C@H]2O[C@H](Oc3ccc4c(C(F)(F)F)cc(=O)oc4c3)[C@H](O)[C@@H]2O)[C@@H](O)[C@H]1O. The van der Waals surface area contributed by atoms with Crippen molar-refractivity contribution in [1.82, 2.24) is 25.7 Å². The molecule has 22 nitrogen and oxygen atoms in total. The number of phosphoric acid groups is 2. The molecule has 0 amide bonds. The van der Waals surface area contributed by atoms with Gasteiger partial charge in [-0.2, -0.15) is 17.5 Å². The highest BCUT2D eigenvalue weighted by molar-refractivity contribution is 7.61. The smallest absolute Gasteiger partial charge is 0.462 e. The third-order valence-electron chi connectivity index (χ3n) is 7.60. The fourth-order valence-corrected chi connectivity index (χ4v) is 7.29. The topological polar surface area (TPSA) is 346 Å². The lowest BCUT2D eigenvalue weighted by Crippen LogP contribution is -2.35. The predicted molar refractivity (Wildman–Crippen MR) is 162 cm³/mol. The van der Waals surface area contributed by atoms with E-state index in [0.717, 1.165) is 24.5 Å². The maximum Gasteiger partial charge on any atom is 0.481 e. The molecule has 0 radical (unpaired) electrons. The zero-order valence-electron chi connectivity index (χ0n) is 25.9. The van der Waals surface area contributed by atoms with Gasteiger partial charge in [-0.25, -0.2) is 28.9 Å². The number of hydrogen-bond donors (Lipinski definition) is 8. The van der Waals surface area contributed by atoms with Gasteiger partial charge < -0.3 is 60.7 Å². The predicted octanol–water partition coefficient (Wildman–Crippen LogP) is 0.0912. The Labute approximate surface area is 286 Å². The maximum atomic E-state index is 13.3. The van der Waals surface area contributed by atoms with Crippen LogP contribution in [0.25, 0.3) is 22.1 Å². The van der Waals surface area contributed by atoms with E-state index in [9.17, 15) is 57.3 Å². The summed E-state index contributed by atoms with van der Waals surface area (Å²) in [6, 6.07) is 3.12. The van der Waals surface area contributed by atoms with Crippen LogP contribution in [-0.4, -0.2) is 106 Å². The number of imidazole rings is 1. The molecule has 0 spiro atoms. The van der Waals surface area contributed by atoms with Gasteiger partial charge in [0.05, 0.1) is 25.1 Å². The zero-order chi connectivity index (χ0) is 37.0. The number of anilines is 1. The standard InChI is InChI=1S/C25H26F3N5O16P2.H3N/c26-25(27,28)11-4-15(34)46-12-3-9(1-2-10(11)12)45-24-20(38)18(36)14(48-24)6-44-51(41,42)49-50(39,40)43-5-13-17(35)19(37)23(47-13)33-8-32-16-21(29)30-7-31-22(16)33;/h1-4,7-8,13-14,17-20,23-24,35-38H,5-6H2,(H,39,40)(H,41,42)(H2,29,30,31);1H3/t13-,14-,17-,18-,19-,20-,23-,24+;/m1./s1. The van der Waals surface area contributed by atoms with Crippen molar-refractivity contribution < 1.29 is 84.5 Å². The molecule has 2 aliphatic rings. The highest BCUT2D eigenvalue weighted by Gasteiger charge is 2.48. The van der Waals surface area contributed by atoms with Gasteiger partial charge in [-0.15, -0.1) is 0 Å². The quantitative estimate of drug-likeness (QED) is 0.0737. The van der Waals surface area contributed by atoms with E-state index in [2.05, 4.69) is 28.3 Å². The van der Waals surface area contributed by atoms with Gasteiger partial charge in [-0.3, -0.25) is 13.6 Å². The first-order chi connectivity index (χ1) is 23.8. The third kappa shape index (κ3) is 8.12. The number of alkyl halides is 3. The Morgan fingerprint density at radius 1 is 0.904 bits per heavy atom. The summed E-state index contributed by atoms with van der Waals surface area (Å²) in [4.78, 5) is 43.5. The van der Waals surface area contributed by atoms with Crippen LogP contribution < -0.4 is 22.2 Å². The minimum Gasteiger partial charge on any atom is -0.462 e. The minimum absolute atomic E-state index is 0. The largest absolute Gasteiger partial charge is 0.481 e. The number of fused-ring (bicyclic) bond motifs is 2. The first kappa shape index (κ1) is 39.6. The van der Waals surface area contributed by atoms with E-state index in [-0.39, 0.29) is 34.9 Å². The fraction of sp³-hybridized carbons (Fsp3) is 0.440. The van der Waals surface area contributed by atoms with Crippen molar-refractivity contribution in [2.24, 2.45) is 0 Å². The lowest BCUT2D eigenvalue weighted by atomic mass is 10.1. The van der Waals surface area contributed by atoms with E-state index in [4.69, 9.17) is 24.4 Å². The maximum absolute atomic E-state index is 13.3. The zero-order valence-corrected chi connectivity index (χ0v) is 27.7. The van der Waals surface area contributed by atoms with Crippen molar-refractivity contribution in [3.8, 4) is 5.75 Å². The average molecular weight is 788 g/mol. The van der Waals surface area contributed by atoms with Crippen LogP contribution in [0.2, 0.25) is 0 Å². The van der Waals surface area contributed by atoms with Crippen LogP contribution in [0.3, 0.4) is 0 Å². The molecule has 2 aliphatic heterocycles. The summed E-state index contributed by atoms with van der Waals surface area (Å²) in [5.41, 5.74) is 2.94. The summed E-state index contributed by atoms with van der Waals surface area (Å²) in [5.74, 6) is -0.254. The number of nitrogen functional groups attached to an aromatic ring is 1. The van der Waals surface area contributed by atoms with Gasteiger partial charge in [0.1, 0.15) is 59.8 Å². The lowest BCUT2D eigenvalue weighted by molar-refractivity contribution is -0.136. The number of aliphatic hydroxyl groups excluding tert-OH is 4. The molecule has 0 aliphatic carbocycles. The Morgan fingerprint density at radius 3 is 2.19 bits per heavy atom. The van der Waals surface area contributed by atoms with Gasteiger partial charge in [-0.05, 0) is 12.1 Å². The molecule has 286 valence electrons. The molecule has 6 rings (SSSR count). The first-order valence-electron chi connectivity index (χ1n) is 14.3. The van der Waals surface area contributed by atoms with E-state index in [1.807, 2.05) is 0 Å². The van der Waals surface area contributed by atoms with E-state index in [1.54, 1.807) is 0 Å². The summed E-state index contributed by atoms with van der Waals surface area (Å²) < 4.78 is 101. The van der Waals surface area contributed by atoms with Crippen molar-refractivity contribution in [2.45, 2.75) is 55.3 Å². The van der Waals surface area contributed by atoms with Crippen molar-refractivity contribution in [1.29, 1.82) is 0 Å². The van der Waals surface area contributed by atoms with Crippen LogP contribution in [-0.2, 0) is 38.1 Å². The van der Waals surface area contributed by atoms with Crippen LogP contribution in [0.15, 0.2) is 46.1 Å². The van der Waals surface area contributed by atoms with Crippen molar-refractivity contribution >= 4 is 43.6 Å². The summed E-state index contributed by atoms with van der Waals surface area (Å²) in [6.07, 6.45) is -15.8. The van der Waals surface area contributed by atoms with Crippen LogP contribution >= 0.6 is 15.6 Å². The summed E-state index contributed by atoms with van der Waals surface area (Å²) in [5, 5.41) is 41.2. The van der Waals surface area contributed by atoms with Crippen LogP contribution in [0, 0.1) is 0 Å².